The Hall–Kier alpha value is -2.62. The fourth-order valence-electron chi connectivity index (χ4n) is 2.57. The van der Waals surface area contributed by atoms with Crippen LogP contribution in [0.25, 0.3) is 0 Å². The van der Waals surface area contributed by atoms with Crippen molar-refractivity contribution < 1.29 is 31.1 Å². The standard InChI is InChI=1S/C17H15F3N2O4S/c18-17(19,20)14-3-1-2-12(10-14)6-8-26-16(23)13-4-5-15-21-27(24,25)9-7-22(15)11-13/h1-5,10-11H,6-9H2. The Morgan fingerprint density at radius 3 is 2.78 bits per heavy atom. The van der Waals surface area contributed by atoms with E-state index in [9.17, 15) is 26.4 Å². The molecule has 1 aromatic rings. The lowest BCUT2D eigenvalue weighted by Crippen LogP contribution is -2.37. The smallest absolute Gasteiger partial charge is 0.416 e. The van der Waals surface area contributed by atoms with Crippen molar-refractivity contribution in [1.29, 1.82) is 0 Å². The van der Waals surface area contributed by atoms with Crippen LogP contribution in [0.1, 0.15) is 11.1 Å². The molecule has 3 rings (SSSR count). The van der Waals surface area contributed by atoms with Crippen molar-refractivity contribution in [2.24, 2.45) is 4.40 Å². The van der Waals surface area contributed by atoms with Crippen LogP contribution in [0.5, 0.6) is 0 Å². The molecule has 1 aromatic carbocycles. The van der Waals surface area contributed by atoms with E-state index < -0.39 is 27.7 Å². The molecule has 0 aromatic heterocycles. The molecule has 27 heavy (non-hydrogen) atoms. The fraction of sp³-hybridized carbons (Fsp3) is 0.294. The van der Waals surface area contributed by atoms with Gasteiger partial charge in [0.15, 0.2) is 0 Å². The number of esters is 1. The molecule has 6 nitrogen and oxygen atoms in total. The van der Waals surface area contributed by atoms with Gasteiger partial charge in [-0.15, -0.1) is 4.40 Å². The van der Waals surface area contributed by atoms with E-state index in [2.05, 4.69) is 4.40 Å². The molecule has 0 saturated heterocycles. The SMILES string of the molecule is O=C(OCCc1cccc(C(F)(F)F)c1)C1=CN2CCS(=O)(=O)N=C2C=C1. The lowest BCUT2D eigenvalue weighted by atomic mass is 10.1. The van der Waals surface area contributed by atoms with Gasteiger partial charge in [0.25, 0.3) is 10.0 Å². The fourth-order valence-corrected chi connectivity index (χ4v) is 3.54. The first-order valence-corrected chi connectivity index (χ1v) is 9.57. The van der Waals surface area contributed by atoms with Gasteiger partial charge in [0.1, 0.15) is 5.84 Å². The Labute approximate surface area is 153 Å². The summed E-state index contributed by atoms with van der Waals surface area (Å²) in [4.78, 5) is 13.6. The minimum Gasteiger partial charge on any atom is -0.462 e. The third-order valence-electron chi connectivity index (χ3n) is 3.94. The maximum Gasteiger partial charge on any atom is 0.416 e. The van der Waals surface area contributed by atoms with Crippen molar-refractivity contribution in [2.45, 2.75) is 12.6 Å². The van der Waals surface area contributed by atoms with E-state index in [1.54, 1.807) is 0 Å². The van der Waals surface area contributed by atoms with Crippen molar-refractivity contribution in [2.75, 3.05) is 18.9 Å². The first-order chi connectivity index (χ1) is 12.6. The van der Waals surface area contributed by atoms with E-state index >= 15 is 0 Å². The number of hydrogen-bond acceptors (Lipinski definition) is 5. The van der Waals surface area contributed by atoms with Crippen LogP contribution in [0.3, 0.4) is 0 Å². The second kappa shape index (κ2) is 7.18. The number of fused-ring (bicyclic) bond motifs is 1. The summed E-state index contributed by atoms with van der Waals surface area (Å²) in [5.41, 5.74) is -0.144. The molecule has 0 bridgehead atoms. The number of benzene rings is 1. The number of amidine groups is 1. The molecule has 2 aliphatic rings. The summed E-state index contributed by atoms with van der Waals surface area (Å²) < 4.78 is 69.7. The number of nitrogens with zero attached hydrogens (tertiary/aromatic N) is 2. The van der Waals surface area contributed by atoms with Gasteiger partial charge in [-0.05, 0) is 23.8 Å². The predicted octanol–water partition coefficient (Wildman–Crippen LogP) is 2.29. The van der Waals surface area contributed by atoms with Crippen LogP contribution in [0.4, 0.5) is 13.2 Å². The average Bonchev–Trinajstić information content (AvgIpc) is 2.60. The summed E-state index contributed by atoms with van der Waals surface area (Å²) in [7, 11) is -3.48. The first kappa shape index (κ1) is 19.2. The lowest BCUT2D eigenvalue weighted by molar-refractivity contribution is -0.139. The highest BCUT2D eigenvalue weighted by Gasteiger charge is 2.30. The normalized spacial score (nSPS) is 18.4. The van der Waals surface area contributed by atoms with Gasteiger partial charge in [0.05, 0.1) is 23.5 Å². The topological polar surface area (TPSA) is 76.0 Å². The molecule has 0 radical (unpaired) electrons. The van der Waals surface area contributed by atoms with E-state index in [1.165, 1.54) is 35.4 Å². The van der Waals surface area contributed by atoms with Crippen LogP contribution >= 0.6 is 0 Å². The minimum absolute atomic E-state index is 0.0827. The number of ether oxygens (including phenoxy) is 1. The Morgan fingerprint density at radius 2 is 2.04 bits per heavy atom. The van der Waals surface area contributed by atoms with E-state index in [4.69, 9.17) is 4.74 Å². The molecule has 0 spiro atoms. The van der Waals surface area contributed by atoms with Gasteiger partial charge < -0.3 is 9.64 Å². The Morgan fingerprint density at radius 1 is 1.26 bits per heavy atom. The molecule has 2 heterocycles. The number of carbonyl (C=O) groups is 1. The average molecular weight is 400 g/mol. The Bertz CT molecular complexity index is 949. The van der Waals surface area contributed by atoms with E-state index in [0.717, 1.165) is 12.1 Å². The largest absolute Gasteiger partial charge is 0.462 e. The molecule has 0 fully saturated rings. The third-order valence-corrected chi connectivity index (χ3v) is 5.10. The highest BCUT2D eigenvalue weighted by Crippen LogP contribution is 2.29. The summed E-state index contributed by atoms with van der Waals surface area (Å²) in [5.74, 6) is -0.578. The molecule has 0 atom stereocenters. The zero-order chi connectivity index (χ0) is 19.7. The number of carbonyl (C=O) groups excluding carboxylic acids is 1. The van der Waals surface area contributed by atoms with E-state index in [1.807, 2.05) is 0 Å². The lowest BCUT2D eigenvalue weighted by Gasteiger charge is -2.26. The maximum absolute atomic E-state index is 12.7. The quantitative estimate of drug-likeness (QED) is 0.725. The van der Waals surface area contributed by atoms with Crippen LogP contribution in [0, 0.1) is 0 Å². The van der Waals surface area contributed by atoms with Crippen molar-refractivity contribution in [3.05, 3.63) is 59.3 Å². The van der Waals surface area contributed by atoms with Crippen LogP contribution in [-0.4, -0.2) is 44.0 Å². The van der Waals surface area contributed by atoms with E-state index in [0.29, 0.717) is 5.56 Å². The maximum atomic E-state index is 12.7. The number of sulfonamides is 1. The Kier molecular flexibility index (Phi) is 5.09. The Balaban J connectivity index is 1.58. The molecule has 2 aliphatic heterocycles. The summed E-state index contributed by atoms with van der Waals surface area (Å²) in [6.07, 6.45) is -0.0457. The monoisotopic (exact) mass is 400 g/mol. The van der Waals surface area contributed by atoms with Crippen molar-refractivity contribution in [3.8, 4) is 0 Å². The predicted molar refractivity (Wildman–Crippen MR) is 91.3 cm³/mol. The number of hydrogen-bond donors (Lipinski definition) is 0. The summed E-state index contributed by atoms with van der Waals surface area (Å²) in [6, 6.07) is 4.83. The van der Waals surface area contributed by atoms with Crippen LogP contribution < -0.4 is 0 Å². The van der Waals surface area contributed by atoms with Gasteiger partial charge >= 0.3 is 12.1 Å². The molecule has 0 amide bonds. The summed E-state index contributed by atoms with van der Waals surface area (Å²) in [5, 5.41) is 0. The molecule has 10 heteroatoms. The van der Waals surface area contributed by atoms with Gasteiger partial charge in [0, 0.05) is 19.2 Å². The van der Waals surface area contributed by atoms with Gasteiger partial charge in [-0.25, -0.2) is 13.2 Å². The van der Waals surface area contributed by atoms with Crippen LogP contribution in [0.2, 0.25) is 0 Å². The van der Waals surface area contributed by atoms with Crippen molar-refractivity contribution in [3.63, 3.8) is 0 Å². The van der Waals surface area contributed by atoms with Crippen LogP contribution in [-0.2, 0) is 32.2 Å². The molecule has 0 saturated carbocycles. The summed E-state index contributed by atoms with van der Waals surface area (Å²) in [6.45, 7) is 0.0904. The highest BCUT2D eigenvalue weighted by molar-refractivity contribution is 7.90. The van der Waals surface area contributed by atoms with Gasteiger partial charge in [-0.2, -0.15) is 13.2 Å². The number of rotatable bonds is 4. The second-order valence-electron chi connectivity index (χ2n) is 5.93. The zero-order valence-electron chi connectivity index (χ0n) is 13.9. The highest BCUT2D eigenvalue weighted by atomic mass is 32.2. The van der Waals surface area contributed by atoms with E-state index in [-0.39, 0.29) is 36.7 Å². The van der Waals surface area contributed by atoms with Crippen molar-refractivity contribution in [1.82, 2.24) is 4.90 Å². The number of alkyl halides is 3. The molecule has 144 valence electrons. The zero-order valence-corrected chi connectivity index (χ0v) is 14.8. The van der Waals surface area contributed by atoms with Gasteiger partial charge in [0.2, 0.25) is 0 Å². The molecule has 0 N–H and O–H groups in total. The summed E-state index contributed by atoms with van der Waals surface area (Å²) >= 11 is 0. The van der Waals surface area contributed by atoms with Crippen LogP contribution in [0.15, 0.2) is 52.6 Å². The molecule has 0 aliphatic carbocycles. The molecule has 0 unspecified atom stereocenters. The molecular weight excluding hydrogens is 385 g/mol. The third kappa shape index (κ3) is 4.76. The second-order valence-corrected chi connectivity index (χ2v) is 7.69. The molecular formula is C17H15F3N2O4S. The van der Waals surface area contributed by atoms with Gasteiger partial charge in [-0.1, -0.05) is 18.2 Å². The minimum atomic E-state index is -4.43. The van der Waals surface area contributed by atoms with Crippen molar-refractivity contribution >= 4 is 21.8 Å². The van der Waals surface area contributed by atoms with Gasteiger partial charge in [-0.3, -0.25) is 0 Å². The first-order valence-electron chi connectivity index (χ1n) is 7.96. The number of halogens is 3.